The van der Waals surface area contributed by atoms with Crippen LogP contribution in [0.2, 0.25) is 0 Å². The number of aromatic amines is 1. The number of benzene rings is 2. The molecule has 2 aromatic carbocycles. The van der Waals surface area contributed by atoms with E-state index in [1.807, 2.05) is 74.9 Å². The number of H-pyrrole nitrogens is 1. The number of nitrogens with zero attached hydrogens (tertiary/aromatic N) is 2. The number of rotatable bonds is 9. The molecule has 0 aliphatic heterocycles. The zero-order valence-corrected chi connectivity index (χ0v) is 19.7. The predicted octanol–water partition coefficient (Wildman–Crippen LogP) is 6.22. The fourth-order valence-electron chi connectivity index (χ4n) is 3.93. The van der Waals surface area contributed by atoms with Crippen LogP contribution in [0.1, 0.15) is 54.7 Å². The minimum absolute atomic E-state index is 0.0421. The Balaban J connectivity index is 1.73. The maximum atomic E-state index is 13.2. The molecule has 0 aliphatic rings. The van der Waals surface area contributed by atoms with Crippen LogP contribution in [-0.4, -0.2) is 34.9 Å². The van der Waals surface area contributed by atoms with Gasteiger partial charge in [-0.15, -0.1) is 0 Å². The smallest absolute Gasteiger partial charge is 0.361 e. The lowest BCUT2D eigenvalue weighted by Gasteiger charge is -2.23. The van der Waals surface area contributed by atoms with E-state index in [1.54, 1.807) is 0 Å². The fraction of sp³-hybridized carbons (Fsp3) is 0.333. The van der Waals surface area contributed by atoms with Crippen LogP contribution in [0.4, 0.5) is 0 Å². The lowest BCUT2D eigenvalue weighted by molar-refractivity contribution is 0.0466. The molecule has 0 bridgehead atoms. The lowest BCUT2D eigenvalue weighted by atomic mass is 9.98. The predicted molar refractivity (Wildman–Crippen MR) is 130 cm³/mol. The highest BCUT2D eigenvalue weighted by Crippen LogP contribution is 2.36. The van der Waals surface area contributed by atoms with Crippen LogP contribution < -0.4 is 0 Å². The van der Waals surface area contributed by atoms with Gasteiger partial charge in [-0.25, -0.2) is 9.78 Å². The SMILES string of the molecule is CCC(C)CC(c1nc(C(=O)OCc2ccccc2)c(-c2c[nH]c3ccccc23)o1)N(C)C. The maximum absolute atomic E-state index is 13.2. The van der Waals surface area contributed by atoms with Gasteiger partial charge >= 0.3 is 5.97 Å². The number of fused-ring (bicyclic) bond motifs is 1. The molecule has 2 heterocycles. The van der Waals surface area contributed by atoms with Gasteiger partial charge in [-0.05, 0) is 38.1 Å². The van der Waals surface area contributed by atoms with Crippen LogP contribution in [0.15, 0.2) is 65.2 Å². The van der Waals surface area contributed by atoms with E-state index in [-0.39, 0.29) is 18.3 Å². The summed E-state index contributed by atoms with van der Waals surface area (Å²) >= 11 is 0. The molecule has 0 fully saturated rings. The minimum atomic E-state index is -0.491. The molecule has 6 heteroatoms. The zero-order chi connectivity index (χ0) is 23.4. The average Bonchev–Trinajstić information content (AvgIpc) is 3.45. The summed E-state index contributed by atoms with van der Waals surface area (Å²) in [5.41, 5.74) is 2.91. The molecule has 2 unspecified atom stereocenters. The Morgan fingerprint density at radius 3 is 2.58 bits per heavy atom. The molecule has 0 aliphatic carbocycles. The summed E-state index contributed by atoms with van der Waals surface area (Å²) in [5.74, 6) is 0.980. The molecule has 33 heavy (non-hydrogen) atoms. The largest absolute Gasteiger partial charge is 0.456 e. The van der Waals surface area contributed by atoms with E-state index in [0.29, 0.717) is 17.6 Å². The van der Waals surface area contributed by atoms with Crippen LogP contribution in [-0.2, 0) is 11.3 Å². The number of esters is 1. The molecule has 4 rings (SSSR count). The number of nitrogens with one attached hydrogen (secondary N) is 1. The Kier molecular flexibility index (Phi) is 6.94. The van der Waals surface area contributed by atoms with Crippen molar-refractivity contribution in [3.8, 4) is 11.3 Å². The van der Waals surface area contributed by atoms with Crippen LogP contribution in [0.25, 0.3) is 22.2 Å². The minimum Gasteiger partial charge on any atom is -0.456 e. The third-order valence-electron chi connectivity index (χ3n) is 6.11. The first-order valence-corrected chi connectivity index (χ1v) is 11.4. The van der Waals surface area contributed by atoms with Gasteiger partial charge in [0.25, 0.3) is 0 Å². The number of carbonyl (C=O) groups excluding carboxylic acids is 1. The van der Waals surface area contributed by atoms with Gasteiger partial charge < -0.3 is 14.1 Å². The van der Waals surface area contributed by atoms with Crippen molar-refractivity contribution in [2.45, 2.75) is 39.3 Å². The highest BCUT2D eigenvalue weighted by Gasteiger charge is 2.29. The fourth-order valence-corrected chi connectivity index (χ4v) is 3.93. The second-order valence-electron chi connectivity index (χ2n) is 8.77. The molecular formula is C27H31N3O3. The second-order valence-corrected chi connectivity index (χ2v) is 8.77. The number of hydrogen-bond donors (Lipinski definition) is 1. The summed E-state index contributed by atoms with van der Waals surface area (Å²) in [6.07, 6.45) is 3.81. The first-order valence-electron chi connectivity index (χ1n) is 11.4. The van der Waals surface area contributed by atoms with E-state index in [4.69, 9.17) is 14.1 Å². The molecular weight excluding hydrogens is 414 g/mol. The Bertz CT molecular complexity index is 1210. The Morgan fingerprint density at radius 1 is 1.12 bits per heavy atom. The number of carbonyl (C=O) groups is 1. The van der Waals surface area contributed by atoms with E-state index in [0.717, 1.165) is 34.9 Å². The molecule has 2 atom stereocenters. The van der Waals surface area contributed by atoms with E-state index < -0.39 is 5.97 Å². The summed E-state index contributed by atoms with van der Waals surface area (Å²) in [4.78, 5) is 23.2. The molecule has 0 spiro atoms. The van der Waals surface area contributed by atoms with Crippen molar-refractivity contribution >= 4 is 16.9 Å². The summed E-state index contributed by atoms with van der Waals surface area (Å²) in [7, 11) is 4.02. The third-order valence-corrected chi connectivity index (χ3v) is 6.11. The number of oxazole rings is 1. The molecule has 0 radical (unpaired) electrons. The third kappa shape index (κ3) is 5.01. The Morgan fingerprint density at radius 2 is 1.85 bits per heavy atom. The standard InChI is InChI=1S/C27H31N3O3/c1-5-18(2)15-23(30(3)4)26-29-24(27(31)32-17-19-11-7-6-8-12-19)25(33-26)21-16-28-22-14-10-9-13-20(21)22/h6-14,16,18,23,28H,5,15,17H2,1-4H3. The lowest BCUT2D eigenvalue weighted by Crippen LogP contribution is -2.22. The van der Waals surface area contributed by atoms with Gasteiger partial charge in [-0.3, -0.25) is 4.90 Å². The average molecular weight is 446 g/mol. The number of hydrogen-bond acceptors (Lipinski definition) is 5. The molecule has 0 saturated carbocycles. The van der Waals surface area contributed by atoms with Gasteiger partial charge in [0.1, 0.15) is 6.61 Å². The van der Waals surface area contributed by atoms with Crippen LogP contribution in [0.5, 0.6) is 0 Å². The highest BCUT2D eigenvalue weighted by molar-refractivity contribution is 6.01. The molecule has 0 saturated heterocycles. The monoisotopic (exact) mass is 445 g/mol. The van der Waals surface area contributed by atoms with E-state index >= 15 is 0 Å². The summed E-state index contributed by atoms with van der Waals surface area (Å²) in [5, 5.41) is 0.973. The van der Waals surface area contributed by atoms with Gasteiger partial charge in [-0.2, -0.15) is 0 Å². The normalized spacial score (nSPS) is 13.4. The topological polar surface area (TPSA) is 71.4 Å². The number of ether oxygens (including phenoxy) is 1. The van der Waals surface area contributed by atoms with Crippen LogP contribution in [0.3, 0.4) is 0 Å². The summed E-state index contributed by atoms with van der Waals surface area (Å²) in [6.45, 7) is 4.57. The van der Waals surface area contributed by atoms with Crippen molar-refractivity contribution in [2.75, 3.05) is 14.1 Å². The van der Waals surface area contributed by atoms with Gasteiger partial charge in [0.05, 0.1) is 6.04 Å². The summed E-state index contributed by atoms with van der Waals surface area (Å²) < 4.78 is 12.0. The van der Waals surface area contributed by atoms with Gasteiger partial charge in [0.2, 0.25) is 5.89 Å². The van der Waals surface area contributed by atoms with Gasteiger partial charge in [0, 0.05) is 22.7 Å². The molecule has 6 nitrogen and oxygen atoms in total. The van der Waals surface area contributed by atoms with Gasteiger partial charge in [-0.1, -0.05) is 68.8 Å². The van der Waals surface area contributed by atoms with Crippen LogP contribution in [0, 0.1) is 5.92 Å². The highest BCUT2D eigenvalue weighted by atomic mass is 16.5. The Hall–Kier alpha value is -3.38. The van der Waals surface area contributed by atoms with E-state index in [9.17, 15) is 4.79 Å². The zero-order valence-electron chi connectivity index (χ0n) is 19.7. The molecule has 4 aromatic rings. The van der Waals surface area contributed by atoms with Gasteiger partial charge in [0.15, 0.2) is 11.5 Å². The van der Waals surface area contributed by atoms with Crippen molar-refractivity contribution in [3.63, 3.8) is 0 Å². The molecule has 2 aromatic heterocycles. The molecule has 172 valence electrons. The van der Waals surface area contributed by atoms with Crippen molar-refractivity contribution in [2.24, 2.45) is 5.92 Å². The van der Waals surface area contributed by atoms with Crippen molar-refractivity contribution in [1.82, 2.24) is 14.9 Å². The Labute approximate surface area is 194 Å². The number of para-hydroxylation sites is 1. The van der Waals surface area contributed by atoms with Crippen molar-refractivity contribution in [3.05, 3.63) is 77.9 Å². The quantitative estimate of drug-likeness (QED) is 0.310. The van der Waals surface area contributed by atoms with E-state index in [2.05, 4.69) is 23.7 Å². The molecule has 0 amide bonds. The maximum Gasteiger partial charge on any atom is 0.361 e. The van der Waals surface area contributed by atoms with Crippen LogP contribution >= 0.6 is 0 Å². The first kappa shape index (κ1) is 22.8. The van der Waals surface area contributed by atoms with Crippen molar-refractivity contribution in [1.29, 1.82) is 0 Å². The van der Waals surface area contributed by atoms with E-state index in [1.165, 1.54) is 0 Å². The first-order chi connectivity index (χ1) is 16.0. The molecule has 1 N–H and O–H groups in total. The van der Waals surface area contributed by atoms with Crippen molar-refractivity contribution < 1.29 is 13.9 Å². The summed E-state index contributed by atoms with van der Waals surface area (Å²) in [6, 6.07) is 17.5. The second kappa shape index (κ2) is 10.0. The number of aromatic nitrogens is 2.